The van der Waals surface area contributed by atoms with Gasteiger partial charge in [0.15, 0.2) is 11.6 Å². The predicted octanol–water partition coefficient (Wildman–Crippen LogP) is 2.22. The number of rotatable bonds is 6. The number of halogens is 2. The van der Waals surface area contributed by atoms with E-state index in [0.717, 1.165) is 31.4 Å². The maximum Gasteiger partial charge on any atom is 0.223 e. The van der Waals surface area contributed by atoms with Crippen LogP contribution in [0.1, 0.15) is 26.2 Å². The Morgan fingerprint density at radius 3 is 2.91 bits per heavy atom. The standard InChI is InChI=1S/C16H22F2N2O2/c1-10(9-22-15-6-5-12(17)7-14(15)18)20-16(21)13-4-2-3-11(13)8-19/h5-7,10-11,13H,2-4,8-9,19H2,1H3,(H,20,21)/t10?,11-,13-/m1/s1. The zero-order chi connectivity index (χ0) is 16.1. The van der Waals surface area contributed by atoms with Crippen LogP contribution >= 0.6 is 0 Å². The molecule has 4 nitrogen and oxygen atoms in total. The van der Waals surface area contributed by atoms with E-state index >= 15 is 0 Å². The Kier molecular flexibility index (Phi) is 5.71. The first-order valence-corrected chi connectivity index (χ1v) is 7.59. The molecule has 3 atom stereocenters. The van der Waals surface area contributed by atoms with Crippen molar-refractivity contribution < 1.29 is 18.3 Å². The van der Waals surface area contributed by atoms with Gasteiger partial charge in [-0.3, -0.25) is 4.79 Å². The molecule has 1 fully saturated rings. The van der Waals surface area contributed by atoms with Gasteiger partial charge in [0.2, 0.25) is 5.91 Å². The molecule has 1 aliphatic carbocycles. The predicted molar refractivity (Wildman–Crippen MR) is 79.3 cm³/mol. The van der Waals surface area contributed by atoms with Gasteiger partial charge in [0.25, 0.3) is 0 Å². The molecule has 122 valence electrons. The molecule has 2 rings (SSSR count). The first-order valence-electron chi connectivity index (χ1n) is 7.59. The first kappa shape index (κ1) is 16.7. The van der Waals surface area contributed by atoms with Crippen molar-refractivity contribution in [1.82, 2.24) is 5.32 Å². The van der Waals surface area contributed by atoms with E-state index in [1.807, 2.05) is 0 Å². The molecule has 1 amide bonds. The molecule has 6 heteroatoms. The Morgan fingerprint density at radius 1 is 1.45 bits per heavy atom. The van der Waals surface area contributed by atoms with Gasteiger partial charge in [-0.25, -0.2) is 8.78 Å². The van der Waals surface area contributed by atoms with Crippen molar-refractivity contribution in [2.24, 2.45) is 17.6 Å². The lowest BCUT2D eigenvalue weighted by Crippen LogP contribution is -2.42. The number of nitrogens with one attached hydrogen (secondary N) is 1. The topological polar surface area (TPSA) is 64.3 Å². The maximum atomic E-state index is 13.4. The van der Waals surface area contributed by atoms with E-state index in [1.54, 1.807) is 6.92 Å². The Balaban J connectivity index is 1.82. The van der Waals surface area contributed by atoms with E-state index in [9.17, 15) is 13.6 Å². The molecule has 0 bridgehead atoms. The van der Waals surface area contributed by atoms with Crippen LogP contribution in [0, 0.1) is 23.5 Å². The SMILES string of the molecule is CC(COc1ccc(F)cc1F)NC(=O)[C@@H]1CCC[C@@H]1CN. The Bertz CT molecular complexity index is 525. The molecular weight excluding hydrogens is 290 g/mol. The summed E-state index contributed by atoms with van der Waals surface area (Å²) in [6.07, 6.45) is 2.86. The fraction of sp³-hybridized carbons (Fsp3) is 0.562. The second kappa shape index (κ2) is 7.54. The number of hydrogen-bond donors (Lipinski definition) is 2. The van der Waals surface area contributed by atoms with Gasteiger partial charge >= 0.3 is 0 Å². The number of benzene rings is 1. The number of nitrogens with two attached hydrogens (primary N) is 1. The zero-order valence-electron chi connectivity index (χ0n) is 12.6. The van der Waals surface area contributed by atoms with E-state index in [4.69, 9.17) is 10.5 Å². The molecule has 22 heavy (non-hydrogen) atoms. The number of carbonyl (C=O) groups is 1. The molecule has 0 aliphatic heterocycles. The van der Waals surface area contributed by atoms with Crippen molar-refractivity contribution >= 4 is 5.91 Å². The minimum absolute atomic E-state index is 0.0244. The van der Waals surface area contributed by atoms with Crippen molar-refractivity contribution in [3.05, 3.63) is 29.8 Å². The summed E-state index contributed by atoms with van der Waals surface area (Å²) in [5.74, 6) is -1.26. The van der Waals surface area contributed by atoms with Crippen molar-refractivity contribution in [3.63, 3.8) is 0 Å². The van der Waals surface area contributed by atoms with Gasteiger partial charge in [-0.2, -0.15) is 0 Å². The normalized spacial score (nSPS) is 22.4. The van der Waals surface area contributed by atoms with Gasteiger partial charge < -0.3 is 15.8 Å². The van der Waals surface area contributed by atoms with Crippen LogP contribution in [0.25, 0.3) is 0 Å². The number of carbonyl (C=O) groups excluding carboxylic acids is 1. The van der Waals surface area contributed by atoms with Crippen LogP contribution in [-0.2, 0) is 4.79 Å². The smallest absolute Gasteiger partial charge is 0.223 e. The van der Waals surface area contributed by atoms with Crippen molar-refractivity contribution in [2.45, 2.75) is 32.2 Å². The van der Waals surface area contributed by atoms with Gasteiger partial charge in [0.05, 0.1) is 6.04 Å². The van der Waals surface area contributed by atoms with Crippen LogP contribution in [-0.4, -0.2) is 25.1 Å². The highest BCUT2D eigenvalue weighted by atomic mass is 19.1. The Labute approximate surface area is 129 Å². The molecule has 1 unspecified atom stereocenters. The molecule has 0 aromatic heterocycles. The molecular formula is C16H22F2N2O2. The van der Waals surface area contributed by atoms with Crippen molar-refractivity contribution in [2.75, 3.05) is 13.2 Å². The monoisotopic (exact) mass is 312 g/mol. The lowest BCUT2D eigenvalue weighted by molar-refractivity contribution is -0.126. The highest BCUT2D eigenvalue weighted by Gasteiger charge is 2.32. The molecule has 0 saturated heterocycles. The van der Waals surface area contributed by atoms with Gasteiger partial charge in [-0.05, 0) is 44.4 Å². The molecule has 0 radical (unpaired) electrons. The van der Waals surface area contributed by atoms with E-state index in [1.165, 1.54) is 6.07 Å². The van der Waals surface area contributed by atoms with E-state index in [-0.39, 0.29) is 36.1 Å². The second-order valence-corrected chi connectivity index (χ2v) is 5.83. The quantitative estimate of drug-likeness (QED) is 0.846. The lowest BCUT2D eigenvalue weighted by atomic mass is 9.95. The van der Waals surface area contributed by atoms with Gasteiger partial charge in [0.1, 0.15) is 12.4 Å². The number of ether oxygens (including phenoxy) is 1. The average Bonchev–Trinajstić information content (AvgIpc) is 2.94. The summed E-state index contributed by atoms with van der Waals surface area (Å²) in [7, 11) is 0. The van der Waals surface area contributed by atoms with Crippen LogP contribution in [0.3, 0.4) is 0 Å². The highest BCUT2D eigenvalue weighted by molar-refractivity contribution is 5.79. The third-order valence-corrected chi connectivity index (χ3v) is 4.07. The molecule has 1 saturated carbocycles. The lowest BCUT2D eigenvalue weighted by Gasteiger charge is -2.21. The molecule has 0 heterocycles. The summed E-state index contributed by atoms with van der Waals surface area (Å²) in [5.41, 5.74) is 5.68. The largest absolute Gasteiger partial charge is 0.488 e. The van der Waals surface area contributed by atoms with E-state index in [0.29, 0.717) is 6.54 Å². The summed E-state index contributed by atoms with van der Waals surface area (Å²) < 4.78 is 31.5. The summed E-state index contributed by atoms with van der Waals surface area (Å²) in [4.78, 5) is 12.2. The summed E-state index contributed by atoms with van der Waals surface area (Å²) >= 11 is 0. The molecule has 3 N–H and O–H groups in total. The molecule has 1 aromatic rings. The summed E-state index contributed by atoms with van der Waals surface area (Å²) in [6, 6.07) is 2.87. The average molecular weight is 312 g/mol. The maximum absolute atomic E-state index is 13.4. The second-order valence-electron chi connectivity index (χ2n) is 5.83. The third kappa shape index (κ3) is 4.16. The fourth-order valence-electron chi connectivity index (χ4n) is 2.86. The summed E-state index contributed by atoms with van der Waals surface area (Å²) in [6.45, 7) is 2.42. The minimum atomic E-state index is -0.752. The van der Waals surface area contributed by atoms with Crippen molar-refractivity contribution in [3.8, 4) is 5.75 Å². The van der Waals surface area contributed by atoms with Gasteiger partial charge in [-0.15, -0.1) is 0 Å². The van der Waals surface area contributed by atoms with E-state index < -0.39 is 11.6 Å². The Morgan fingerprint density at radius 2 is 2.23 bits per heavy atom. The first-order chi connectivity index (χ1) is 10.5. The summed E-state index contributed by atoms with van der Waals surface area (Å²) in [5, 5.41) is 2.87. The van der Waals surface area contributed by atoms with E-state index in [2.05, 4.69) is 5.32 Å². The zero-order valence-corrected chi connectivity index (χ0v) is 12.6. The van der Waals surface area contributed by atoms with Crippen LogP contribution in [0.4, 0.5) is 8.78 Å². The number of amides is 1. The van der Waals surface area contributed by atoms with Crippen LogP contribution in [0.5, 0.6) is 5.75 Å². The molecule has 1 aromatic carbocycles. The minimum Gasteiger partial charge on any atom is -0.488 e. The highest BCUT2D eigenvalue weighted by Crippen LogP contribution is 2.31. The number of hydrogen-bond acceptors (Lipinski definition) is 3. The third-order valence-electron chi connectivity index (χ3n) is 4.07. The molecule has 1 aliphatic rings. The van der Waals surface area contributed by atoms with Crippen LogP contribution < -0.4 is 15.8 Å². The van der Waals surface area contributed by atoms with Gasteiger partial charge in [-0.1, -0.05) is 6.42 Å². The van der Waals surface area contributed by atoms with Crippen molar-refractivity contribution in [1.29, 1.82) is 0 Å². The fourth-order valence-corrected chi connectivity index (χ4v) is 2.86. The Hall–Kier alpha value is -1.69. The van der Waals surface area contributed by atoms with Gasteiger partial charge in [0, 0.05) is 12.0 Å². The van der Waals surface area contributed by atoms with Crippen LogP contribution in [0.15, 0.2) is 18.2 Å². The molecule has 0 spiro atoms. The van der Waals surface area contributed by atoms with Crippen LogP contribution in [0.2, 0.25) is 0 Å².